The van der Waals surface area contributed by atoms with E-state index in [0.717, 1.165) is 42.0 Å². The normalized spacial score (nSPS) is 13.3. The van der Waals surface area contributed by atoms with Crippen molar-refractivity contribution in [1.29, 1.82) is 0 Å². The van der Waals surface area contributed by atoms with Gasteiger partial charge in [0.25, 0.3) is 11.9 Å². The fourth-order valence-electron chi connectivity index (χ4n) is 3.41. The molecule has 8 nitrogen and oxygen atoms in total. The summed E-state index contributed by atoms with van der Waals surface area (Å²) >= 11 is 0. The van der Waals surface area contributed by atoms with Crippen molar-refractivity contribution < 1.29 is 14.3 Å². The van der Waals surface area contributed by atoms with Crippen molar-refractivity contribution in [2.24, 2.45) is 0 Å². The minimum absolute atomic E-state index is 0.125. The first-order valence-electron chi connectivity index (χ1n) is 10.0. The number of methoxy groups -OCH3 is 2. The third kappa shape index (κ3) is 4.18. The Kier molecular flexibility index (Phi) is 6.04. The van der Waals surface area contributed by atoms with Crippen molar-refractivity contribution >= 4 is 5.91 Å². The third-order valence-corrected chi connectivity index (χ3v) is 5.04. The van der Waals surface area contributed by atoms with E-state index >= 15 is 0 Å². The van der Waals surface area contributed by atoms with Crippen molar-refractivity contribution in [1.82, 2.24) is 25.1 Å². The molecule has 1 saturated carbocycles. The summed E-state index contributed by atoms with van der Waals surface area (Å²) in [6.07, 6.45) is 6.13. The standard InChI is InChI=1S/C22H25N5O3/c1-29-13-5-11-23-21(28)17-14-25-27(20(17)15-8-9-15)22-24-12-10-18(26-22)16-6-3-4-7-19(16)30-2/h3-4,6-7,10,12,14-15H,5,8-9,11,13H2,1-2H3,(H,23,28). The quantitative estimate of drug-likeness (QED) is 0.549. The smallest absolute Gasteiger partial charge is 0.254 e. The number of rotatable bonds is 9. The molecule has 3 aromatic rings. The molecule has 0 unspecified atom stereocenters. The summed E-state index contributed by atoms with van der Waals surface area (Å²) in [5.41, 5.74) is 3.07. The van der Waals surface area contributed by atoms with Crippen molar-refractivity contribution in [3.8, 4) is 23.0 Å². The van der Waals surface area contributed by atoms with Crippen LogP contribution in [0.1, 0.15) is 41.2 Å². The van der Waals surface area contributed by atoms with E-state index in [1.807, 2.05) is 30.3 Å². The molecule has 1 aliphatic carbocycles. The Bertz CT molecular complexity index is 1030. The van der Waals surface area contributed by atoms with Gasteiger partial charge in [0, 0.05) is 37.9 Å². The summed E-state index contributed by atoms with van der Waals surface area (Å²) in [6.45, 7) is 1.17. The molecule has 2 aromatic heterocycles. The van der Waals surface area contributed by atoms with E-state index in [0.29, 0.717) is 30.6 Å². The van der Waals surface area contributed by atoms with E-state index in [1.54, 1.807) is 31.3 Å². The van der Waals surface area contributed by atoms with Crippen LogP contribution in [0.3, 0.4) is 0 Å². The summed E-state index contributed by atoms with van der Waals surface area (Å²) in [5.74, 6) is 1.35. The molecule has 0 bridgehead atoms. The molecule has 1 N–H and O–H groups in total. The summed E-state index contributed by atoms with van der Waals surface area (Å²) in [7, 11) is 3.29. The average molecular weight is 407 g/mol. The van der Waals surface area contributed by atoms with Crippen LogP contribution in [0.25, 0.3) is 17.2 Å². The van der Waals surface area contributed by atoms with Gasteiger partial charge in [0.1, 0.15) is 5.75 Å². The van der Waals surface area contributed by atoms with Crippen LogP contribution in [-0.4, -0.2) is 53.0 Å². The number of aromatic nitrogens is 4. The summed E-state index contributed by atoms with van der Waals surface area (Å²) in [6, 6.07) is 9.54. The lowest BCUT2D eigenvalue weighted by molar-refractivity contribution is 0.0947. The number of para-hydroxylation sites is 1. The highest BCUT2D eigenvalue weighted by Gasteiger charge is 2.33. The molecule has 1 aliphatic rings. The van der Waals surface area contributed by atoms with E-state index in [4.69, 9.17) is 14.5 Å². The molecule has 1 amide bonds. The Morgan fingerprint density at radius 2 is 2.07 bits per heavy atom. The molecule has 8 heteroatoms. The second-order valence-corrected chi connectivity index (χ2v) is 7.17. The molecule has 1 aromatic carbocycles. The van der Waals surface area contributed by atoms with Crippen molar-refractivity contribution in [2.45, 2.75) is 25.2 Å². The van der Waals surface area contributed by atoms with Crippen LogP contribution < -0.4 is 10.1 Å². The maximum absolute atomic E-state index is 12.7. The van der Waals surface area contributed by atoms with Gasteiger partial charge in [-0.1, -0.05) is 12.1 Å². The number of ether oxygens (including phenoxy) is 2. The van der Waals surface area contributed by atoms with Crippen LogP contribution in [0, 0.1) is 0 Å². The Hall–Kier alpha value is -3.26. The molecule has 156 valence electrons. The number of benzene rings is 1. The largest absolute Gasteiger partial charge is 0.496 e. The summed E-state index contributed by atoms with van der Waals surface area (Å²) in [5, 5.41) is 7.41. The predicted molar refractivity (Wildman–Crippen MR) is 112 cm³/mol. The van der Waals surface area contributed by atoms with E-state index in [2.05, 4.69) is 15.4 Å². The van der Waals surface area contributed by atoms with Crippen molar-refractivity contribution in [2.75, 3.05) is 27.4 Å². The second-order valence-electron chi connectivity index (χ2n) is 7.17. The molecule has 1 fully saturated rings. The van der Waals surface area contributed by atoms with Gasteiger partial charge in [-0.05, 0) is 37.5 Å². The van der Waals surface area contributed by atoms with Crippen LogP contribution in [0.2, 0.25) is 0 Å². The number of nitrogens with one attached hydrogen (secondary N) is 1. The number of hydrogen-bond acceptors (Lipinski definition) is 6. The zero-order valence-electron chi connectivity index (χ0n) is 17.2. The van der Waals surface area contributed by atoms with Gasteiger partial charge < -0.3 is 14.8 Å². The molecule has 0 atom stereocenters. The fourth-order valence-corrected chi connectivity index (χ4v) is 3.41. The third-order valence-electron chi connectivity index (χ3n) is 5.04. The van der Waals surface area contributed by atoms with Gasteiger partial charge in [-0.15, -0.1) is 0 Å². The predicted octanol–water partition coefficient (Wildman–Crippen LogP) is 2.98. The highest BCUT2D eigenvalue weighted by atomic mass is 16.5. The van der Waals surface area contributed by atoms with Gasteiger partial charge in [-0.25, -0.2) is 14.6 Å². The number of nitrogens with zero attached hydrogens (tertiary/aromatic N) is 4. The van der Waals surface area contributed by atoms with E-state index in [1.165, 1.54) is 0 Å². The Balaban J connectivity index is 1.65. The van der Waals surface area contributed by atoms with E-state index < -0.39 is 0 Å². The fraction of sp³-hybridized carbons (Fsp3) is 0.364. The molecule has 2 heterocycles. The first-order valence-corrected chi connectivity index (χ1v) is 10.0. The number of carbonyl (C=O) groups is 1. The highest BCUT2D eigenvalue weighted by molar-refractivity contribution is 5.95. The first kappa shape index (κ1) is 20.0. The van der Waals surface area contributed by atoms with Gasteiger partial charge in [-0.2, -0.15) is 5.10 Å². The van der Waals surface area contributed by atoms with E-state index in [9.17, 15) is 4.79 Å². The molecular weight excluding hydrogens is 382 g/mol. The van der Waals surface area contributed by atoms with Crippen molar-refractivity contribution in [3.63, 3.8) is 0 Å². The van der Waals surface area contributed by atoms with Gasteiger partial charge in [0.2, 0.25) is 0 Å². The number of carbonyl (C=O) groups excluding carboxylic acids is 1. The molecular formula is C22H25N5O3. The maximum atomic E-state index is 12.7. The number of hydrogen-bond donors (Lipinski definition) is 1. The minimum Gasteiger partial charge on any atom is -0.496 e. The zero-order chi connectivity index (χ0) is 20.9. The molecule has 0 spiro atoms. The average Bonchev–Trinajstić information content (AvgIpc) is 3.54. The lowest BCUT2D eigenvalue weighted by Crippen LogP contribution is -2.26. The maximum Gasteiger partial charge on any atom is 0.254 e. The summed E-state index contributed by atoms with van der Waals surface area (Å²) in [4.78, 5) is 21.8. The first-order chi connectivity index (χ1) is 14.7. The molecule has 0 saturated heterocycles. The van der Waals surface area contributed by atoms with Crippen LogP contribution in [0.5, 0.6) is 5.75 Å². The Morgan fingerprint density at radius 3 is 2.83 bits per heavy atom. The lowest BCUT2D eigenvalue weighted by Gasteiger charge is -2.11. The van der Waals surface area contributed by atoms with Gasteiger partial charge in [-0.3, -0.25) is 4.79 Å². The number of amides is 1. The Morgan fingerprint density at radius 1 is 1.23 bits per heavy atom. The molecule has 0 radical (unpaired) electrons. The SMILES string of the molecule is COCCCNC(=O)c1cnn(-c2nccc(-c3ccccc3OC)n2)c1C1CC1. The Labute approximate surface area is 175 Å². The lowest BCUT2D eigenvalue weighted by atomic mass is 10.1. The molecule has 4 rings (SSSR count). The zero-order valence-corrected chi connectivity index (χ0v) is 17.2. The minimum atomic E-state index is -0.125. The van der Waals surface area contributed by atoms with E-state index in [-0.39, 0.29) is 5.91 Å². The monoisotopic (exact) mass is 407 g/mol. The van der Waals surface area contributed by atoms with Gasteiger partial charge >= 0.3 is 0 Å². The second kappa shape index (κ2) is 9.04. The molecule has 0 aliphatic heterocycles. The van der Waals surface area contributed by atoms with Crippen LogP contribution in [0.15, 0.2) is 42.7 Å². The van der Waals surface area contributed by atoms with Crippen LogP contribution in [-0.2, 0) is 4.74 Å². The summed E-state index contributed by atoms with van der Waals surface area (Å²) < 4.78 is 12.2. The highest BCUT2D eigenvalue weighted by Crippen LogP contribution is 2.42. The molecule has 30 heavy (non-hydrogen) atoms. The topological polar surface area (TPSA) is 91.2 Å². The van der Waals surface area contributed by atoms with Gasteiger partial charge in [0.15, 0.2) is 0 Å². The van der Waals surface area contributed by atoms with Crippen LogP contribution >= 0.6 is 0 Å². The van der Waals surface area contributed by atoms with Crippen LogP contribution in [0.4, 0.5) is 0 Å². The van der Waals surface area contributed by atoms with Gasteiger partial charge in [0.05, 0.1) is 30.3 Å². The van der Waals surface area contributed by atoms with Crippen molar-refractivity contribution in [3.05, 3.63) is 54.0 Å².